The standard InChI is InChI=1S/C18H36O2.C11H14O2.2C4H9.Sn/c1-2-3-4-5-6-7-8-9-10-11-12-13-14-15-16-17-18(19)20;1-2-3-5-9-6-4-7-10(8-9)11(12)13;2*1-3-4-2;/h2-17H2,1H3,(H,19,20);4,6-8H,2-3,5H2,1H3,(H,12,13);2*1,3-4H2,2H3;/q;;;;+2/p-2. The number of aliphatic carboxylic acids is 1. The van der Waals surface area contributed by atoms with Crippen molar-refractivity contribution in [2.24, 2.45) is 0 Å². The molecule has 4 nitrogen and oxygen atoms in total. The van der Waals surface area contributed by atoms with E-state index in [-0.39, 0.29) is 35.9 Å². The molecule has 0 spiro atoms. The minimum absolute atomic E-state index is 0. The third-order valence-electron chi connectivity index (χ3n) is 6.67. The van der Waals surface area contributed by atoms with E-state index in [1.54, 1.807) is 18.2 Å². The molecule has 1 aromatic rings. The minimum atomic E-state index is -1.10. The summed E-state index contributed by atoms with van der Waals surface area (Å²) in [5.74, 6) is -2.00. The SMILES string of the molecule is CCCCCCCCCCCCCCCCCC(=O)[O-].CCCCc1cccc(C(=O)[O-])c1.[CH2]CCC.[CH2]CCC.[Sn+2]. The predicted molar refractivity (Wildman–Crippen MR) is 180 cm³/mol. The molecule has 0 aliphatic heterocycles. The van der Waals surface area contributed by atoms with Crippen LogP contribution in [0.25, 0.3) is 0 Å². The molecule has 0 fully saturated rings. The number of carboxylic acid groups (broad SMARTS) is 2. The minimum Gasteiger partial charge on any atom is -0.550 e. The number of unbranched alkanes of at least 4 members (excludes halogenated alkanes) is 17. The van der Waals surface area contributed by atoms with Gasteiger partial charge in [0.05, 0.1) is 5.97 Å². The molecule has 0 heterocycles. The summed E-state index contributed by atoms with van der Waals surface area (Å²) in [6.07, 6.45) is 27.6. The summed E-state index contributed by atoms with van der Waals surface area (Å²) in [4.78, 5) is 20.7. The summed E-state index contributed by atoms with van der Waals surface area (Å²) < 4.78 is 0. The molecule has 1 aromatic carbocycles. The van der Waals surface area contributed by atoms with Crippen molar-refractivity contribution in [3.63, 3.8) is 0 Å². The molecule has 1 rings (SSSR count). The monoisotopic (exact) mass is 694 g/mol. The fourth-order valence-corrected chi connectivity index (χ4v) is 3.88. The van der Waals surface area contributed by atoms with Crippen molar-refractivity contribution < 1.29 is 19.8 Å². The van der Waals surface area contributed by atoms with Crippen LogP contribution < -0.4 is 10.2 Å². The second-order valence-electron chi connectivity index (χ2n) is 10.9. The normalized spacial score (nSPS) is 9.67. The van der Waals surface area contributed by atoms with Gasteiger partial charge in [-0.3, -0.25) is 0 Å². The first kappa shape index (κ1) is 47.9. The molecule has 5 heteroatoms. The van der Waals surface area contributed by atoms with Gasteiger partial charge >= 0.3 is 23.9 Å². The average molecular weight is 694 g/mol. The van der Waals surface area contributed by atoms with E-state index in [1.807, 2.05) is 6.07 Å². The molecule has 0 saturated carbocycles. The first-order chi connectivity index (χ1) is 19.8. The molecule has 0 aliphatic rings. The van der Waals surface area contributed by atoms with Gasteiger partial charge in [0.1, 0.15) is 0 Å². The van der Waals surface area contributed by atoms with Crippen LogP contribution >= 0.6 is 0 Å². The van der Waals surface area contributed by atoms with E-state index in [9.17, 15) is 19.8 Å². The maximum Gasteiger partial charge on any atom is 2.00 e. The Kier molecular flexibility index (Phi) is 48.0. The molecular weight excluding hydrogens is 627 g/mol. The van der Waals surface area contributed by atoms with Gasteiger partial charge in [-0.05, 0) is 42.9 Å². The van der Waals surface area contributed by atoms with Gasteiger partial charge in [-0.15, -0.1) is 0 Å². The number of carboxylic acids is 2. The summed E-state index contributed by atoms with van der Waals surface area (Å²) >= 11 is 0. The Morgan fingerprint density at radius 2 is 0.976 bits per heavy atom. The molecule has 242 valence electrons. The van der Waals surface area contributed by atoms with Crippen LogP contribution in [-0.4, -0.2) is 35.8 Å². The smallest absolute Gasteiger partial charge is 0.550 e. The first-order valence-electron chi connectivity index (χ1n) is 16.9. The first-order valence-corrected chi connectivity index (χ1v) is 16.9. The van der Waals surface area contributed by atoms with Crippen molar-refractivity contribution in [1.29, 1.82) is 0 Å². The van der Waals surface area contributed by atoms with Gasteiger partial charge in [0.2, 0.25) is 0 Å². The Hall–Kier alpha value is -1.04. The largest absolute Gasteiger partial charge is 2.00 e. The summed E-state index contributed by atoms with van der Waals surface area (Å²) in [6, 6.07) is 6.95. The summed E-state index contributed by atoms with van der Waals surface area (Å²) in [5.41, 5.74) is 1.34. The van der Waals surface area contributed by atoms with Crippen molar-refractivity contribution in [1.82, 2.24) is 0 Å². The topological polar surface area (TPSA) is 80.3 Å². The molecule has 0 amide bonds. The third kappa shape index (κ3) is 43.4. The van der Waals surface area contributed by atoms with Gasteiger partial charge < -0.3 is 19.8 Å². The van der Waals surface area contributed by atoms with Gasteiger partial charge in [0.15, 0.2) is 0 Å². The molecule has 0 aliphatic carbocycles. The maximum absolute atomic E-state index is 10.5. The fraction of sp³-hybridized carbons (Fsp3) is 0.730. The van der Waals surface area contributed by atoms with Crippen molar-refractivity contribution >= 4 is 35.8 Å². The molecule has 0 aromatic heterocycles. The number of aromatic carboxylic acids is 1. The number of carbonyl (C=O) groups excluding carboxylic acids is 2. The van der Waals surface area contributed by atoms with Crippen molar-refractivity contribution in [2.75, 3.05) is 0 Å². The Balaban J connectivity index is -0.000000279. The molecule has 42 heavy (non-hydrogen) atoms. The van der Waals surface area contributed by atoms with E-state index in [2.05, 4.69) is 41.5 Å². The van der Waals surface area contributed by atoms with Gasteiger partial charge in [0, 0.05) is 5.97 Å². The molecular formula is C37H66O4Sn. The van der Waals surface area contributed by atoms with Crippen LogP contribution in [0, 0.1) is 13.8 Å². The van der Waals surface area contributed by atoms with Gasteiger partial charge in [0.25, 0.3) is 0 Å². The molecule has 0 bridgehead atoms. The predicted octanol–water partition coefficient (Wildman–Crippen LogP) is 9.25. The maximum atomic E-state index is 10.5. The van der Waals surface area contributed by atoms with Crippen LogP contribution in [0.1, 0.15) is 185 Å². The van der Waals surface area contributed by atoms with Crippen LogP contribution in [-0.2, 0) is 11.2 Å². The second-order valence-corrected chi connectivity index (χ2v) is 10.9. The zero-order valence-electron chi connectivity index (χ0n) is 28.1. The third-order valence-corrected chi connectivity index (χ3v) is 6.67. The summed E-state index contributed by atoms with van der Waals surface area (Å²) in [6.45, 7) is 15.8. The molecule has 4 radical (unpaired) electrons. The fourth-order valence-electron chi connectivity index (χ4n) is 3.88. The number of rotatable bonds is 22. The molecule has 0 N–H and O–H groups in total. The van der Waals surface area contributed by atoms with E-state index in [0.717, 1.165) is 50.5 Å². The van der Waals surface area contributed by atoms with E-state index < -0.39 is 11.9 Å². The van der Waals surface area contributed by atoms with Gasteiger partial charge in [-0.25, -0.2) is 0 Å². The molecule has 0 atom stereocenters. The van der Waals surface area contributed by atoms with Crippen molar-refractivity contribution in [3.05, 3.63) is 49.2 Å². The summed E-state index contributed by atoms with van der Waals surface area (Å²) in [5, 5.41) is 20.7. The van der Waals surface area contributed by atoms with Gasteiger partial charge in [-0.2, -0.15) is 0 Å². The molecule has 0 unspecified atom stereocenters. The van der Waals surface area contributed by atoms with Crippen LogP contribution in [0.2, 0.25) is 0 Å². The average Bonchev–Trinajstić information content (AvgIpc) is 2.98. The van der Waals surface area contributed by atoms with E-state index >= 15 is 0 Å². The number of hydrogen-bond donors (Lipinski definition) is 0. The van der Waals surface area contributed by atoms with Crippen LogP contribution in [0.3, 0.4) is 0 Å². The van der Waals surface area contributed by atoms with E-state index in [0.29, 0.717) is 0 Å². The van der Waals surface area contributed by atoms with Crippen LogP contribution in [0.4, 0.5) is 0 Å². The quantitative estimate of drug-likeness (QED) is 0.0896. The van der Waals surface area contributed by atoms with E-state index in [1.165, 1.54) is 96.3 Å². The summed E-state index contributed by atoms with van der Waals surface area (Å²) in [7, 11) is 0. The number of hydrogen-bond acceptors (Lipinski definition) is 4. The molecule has 0 saturated heterocycles. The van der Waals surface area contributed by atoms with E-state index in [4.69, 9.17) is 0 Å². The number of aryl methyl sites for hydroxylation is 1. The Labute approximate surface area is 279 Å². The number of carbonyl (C=O) groups is 2. The van der Waals surface area contributed by atoms with Gasteiger partial charge in [-0.1, -0.05) is 182 Å². The Bertz CT molecular complexity index is 655. The van der Waals surface area contributed by atoms with Crippen molar-refractivity contribution in [3.8, 4) is 0 Å². The second kappa shape index (κ2) is 42.1. The zero-order chi connectivity index (χ0) is 31.4. The van der Waals surface area contributed by atoms with Crippen molar-refractivity contribution in [2.45, 2.75) is 175 Å². The Morgan fingerprint density at radius 1 is 0.595 bits per heavy atom. The van der Waals surface area contributed by atoms with Crippen LogP contribution in [0.15, 0.2) is 24.3 Å². The number of benzene rings is 1. The zero-order valence-corrected chi connectivity index (χ0v) is 31.0. The van der Waals surface area contributed by atoms with Crippen LogP contribution in [0.5, 0.6) is 0 Å². The Morgan fingerprint density at radius 3 is 1.31 bits per heavy atom.